The van der Waals surface area contributed by atoms with Crippen molar-refractivity contribution in [2.45, 2.75) is 17.9 Å². The molecular formula is C25H20O2. The molecule has 2 nitrogen and oxygen atoms in total. The quantitative estimate of drug-likeness (QED) is 0.685. The number of aliphatic hydroxyl groups excluding tert-OH is 1. The molecule has 2 aliphatic carbocycles. The van der Waals surface area contributed by atoms with Crippen molar-refractivity contribution in [1.29, 1.82) is 0 Å². The van der Waals surface area contributed by atoms with E-state index in [4.69, 9.17) is 0 Å². The summed E-state index contributed by atoms with van der Waals surface area (Å²) in [4.78, 5) is 0. The van der Waals surface area contributed by atoms with Crippen molar-refractivity contribution in [3.8, 4) is 16.9 Å². The molecule has 3 aromatic carbocycles. The van der Waals surface area contributed by atoms with E-state index in [-0.39, 0.29) is 5.75 Å². The molecule has 0 saturated carbocycles. The number of rotatable bonds is 2. The monoisotopic (exact) mass is 352 g/mol. The van der Waals surface area contributed by atoms with E-state index in [0.29, 0.717) is 6.42 Å². The number of fused-ring (bicyclic) bond motifs is 3. The Morgan fingerprint density at radius 2 is 1.37 bits per heavy atom. The zero-order valence-electron chi connectivity index (χ0n) is 14.8. The predicted octanol–water partition coefficient (Wildman–Crippen LogP) is 4.95. The molecule has 3 aromatic rings. The van der Waals surface area contributed by atoms with Crippen molar-refractivity contribution in [1.82, 2.24) is 0 Å². The number of aromatic hydroxyl groups is 1. The van der Waals surface area contributed by atoms with Crippen LogP contribution in [0.2, 0.25) is 0 Å². The summed E-state index contributed by atoms with van der Waals surface area (Å²) in [5.74, 6) is 0.261. The Labute approximate surface area is 158 Å². The van der Waals surface area contributed by atoms with Crippen LogP contribution in [0.25, 0.3) is 11.1 Å². The van der Waals surface area contributed by atoms with Gasteiger partial charge in [-0.05, 0) is 51.9 Å². The molecule has 0 saturated heterocycles. The van der Waals surface area contributed by atoms with Gasteiger partial charge in [0.15, 0.2) is 0 Å². The Kier molecular flexibility index (Phi) is 3.56. The van der Waals surface area contributed by atoms with E-state index in [1.54, 1.807) is 12.1 Å². The van der Waals surface area contributed by atoms with Crippen LogP contribution in [0.5, 0.6) is 5.75 Å². The second-order valence-corrected chi connectivity index (χ2v) is 7.21. The Hall–Kier alpha value is -3.10. The van der Waals surface area contributed by atoms with Crippen LogP contribution in [0.1, 0.15) is 23.1 Å². The van der Waals surface area contributed by atoms with Gasteiger partial charge >= 0.3 is 0 Å². The van der Waals surface area contributed by atoms with Crippen LogP contribution in [0, 0.1) is 0 Å². The molecule has 0 fully saturated rings. The van der Waals surface area contributed by atoms with Crippen LogP contribution in [0.15, 0.2) is 96.6 Å². The highest BCUT2D eigenvalue weighted by molar-refractivity contribution is 5.86. The third-order valence-corrected chi connectivity index (χ3v) is 5.76. The number of hydrogen-bond acceptors (Lipinski definition) is 2. The van der Waals surface area contributed by atoms with E-state index >= 15 is 0 Å². The van der Waals surface area contributed by atoms with Crippen LogP contribution in [0.3, 0.4) is 0 Å². The van der Waals surface area contributed by atoms with Gasteiger partial charge in [-0.1, -0.05) is 78.9 Å². The summed E-state index contributed by atoms with van der Waals surface area (Å²) < 4.78 is 0. The van der Waals surface area contributed by atoms with E-state index in [1.807, 2.05) is 18.2 Å². The smallest absolute Gasteiger partial charge is 0.115 e. The van der Waals surface area contributed by atoms with E-state index in [1.165, 1.54) is 22.3 Å². The molecule has 2 heteroatoms. The highest BCUT2D eigenvalue weighted by Crippen LogP contribution is 2.56. The van der Waals surface area contributed by atoms with Crippen molar-refractivity contribution in [3.05, 3.63) is 113 Å². The van der Waals surface area contributed by atoms with Gasteiger partial charge in [-0.25, -0.2) is 0 Å². The summed E-state index contributed by atoms with van der Waals surface area (Å²) in [5, 5.41) is 19.8. The summed E-state index contributed by atoms with van der Waals surface area (Å²) in [6.07, 6.45) is 6.25. The van der Waals surface area contributed by atoms with E-state index in [9.17, 15) is 10.2 Å². The lowest BCUT2D eigenvalue weighted by Gasteiger charge is -2.36. The van der Waals surface area contributed by atoms with E-state index in [0.717, 1.165) is 11.1 Å². The van der Waals surface area contributed by atoms with Crippen LogP contribution in [-0.2, 0) is 5.41 Å². The standard InChI is InChI=1S/C25H20O2/c26-19-13-9-17(10-14-19)25(18-11-15-20(27)16-12-18)23-7-3-1-5-21(23)22-6-2-4-8-24(22)25/h1-15,20,26-27H,16H2. The molecule has 0 spiro atoms. The van der Waals surface area contributed by atoms with Gasteiger partial charge in [-0.2, -0.15) is 0 Å². The highest BCUT2D eigenvalue weighted by atomic mass is 16.3. The molecule has 0 radical (unpaired) electrons. The predicted molar refractivity (Wildman–Crippen MR) is 108 cm³/mol. The fraction of sp³-hybridized carbons (Fsp3) is 0.120. The molecule has 0 heterocycles. The summed E-state index contributed by atoms with van der Waals surface area (Å²) >= 11 is 0. The molecule has 132 valence electrons. The highest BCUT2D eigenvalue weighted by Gasteiger charge is 2.46. The summed E-state index contributed by atoms with van der Waals surface area (Å²) in [5.41, 5.74) is 6.79. The maximum Gasteiger partial charge on any atom is 0.115 e. The Morgan fingerprint density at radius 3 is 1.93 bits per heavy atom. The normalized spacial score (nSPS) is 19.3. The number of phenolic OH excluding ortho intramolecular Hbond substituents is 1. The van der Waals surface area contributed by atoms with Gasteiger partial charge in [-0.15, -0.1) is 0 Å². The molecule has 0 aromatic heterocycles. The lowest BCUT2D eigenvalue weighted by Crippen LogP contribution is -2.30. The molecule has 5 rings (SSSR count). The fourth-order valence-corrected chi connectivity index (χ4v) is 4.62. The van der Waals surface area contributed by atoms with Gasteiger partial charge in [-0.3, -0.25) is 0 Å². The van der Waals surface area contributed by atoms with Gasteiger partial charge in [0.1, 0.15) is 5.75 Å². The number of benzene rings is 3. The molecule has 0 amide bonds. The van der Waals surface area contributed by atoms with Crippen molar-refractivity contribution in [3.63, 3.8) is 0 Å². The molecule has 1 atom stereocenters. The lowest BCUT2D eigenvalue weighted by molar-refractivity contribution is 0.224. The van der Waals surface area contributed by atoms with Gasteiger partial charge in [0.05, 0.1) is 11.5 Å². The molecule has 0 bridgehead atoms. The van der Waals surface area contributed by atoms with Crippen LogP contribution >= 0.6 is 0 Å². The number of phenols is 1. The van der Waals surface area contributed by atoms with Crippen LogP contribution in [-0.4, -0.2) is 16.3 Å². The van der Waals surface area contributed by atoms with Crippen LogP contribution < -0.4 is 0 Å². The fourth-order valence-electron chi connectivity index (χ4n) is 4.62. The topological polar surface area (TPSA) is 40.5 Å². The number of allylic oxidation sites excluding steroid dienone is 2. The second kappa shape index (κ2) is 5.97. The minimum atomic E-state index is -0.447. The zero-order chi connectivity index (χ0) is 18.4. The minimum Gasteiger partial charge on any atom is -0.508 e. The van der Waals surface area contributed by atoms with E-state index in [2.05, 4.69) is 60.7 Å². The maximum atomic E-state index is 9.99. The van der Waals surface area contributed by atoms with Gasteiger partial charge in [0, 0.05) is 0 Å². The first kappa shape index (κ1) is 16.1. The van der Waals surface area contributed by atoms with Gasteiger partial charge in [0.25, 0.3) is 0 Å². The molecule has 0 aliphatic heterocycles. The molecule has 2 N–H and O–H groups in total. The number of aliphatic hydroxyl groups is 1. The Morgan fingerprint density at radius 1 is 0.778 bits per heavy atom. The summed E-state index contributed by atoms with van der Waals surface area (Å²) in [6, 6.07) is 24.6. The zero-order valence-corrected chi connectivity index (χ0v) is 14.8. The van der Waals surface area contributed by atoms with Crippen molar-refractivity contribution < 1.29 is 10.2 Å². The molecule has 27 heavy (non-hydrogen) atoms. The molecule has 2 aliphatic rings. The SMILES string of the molecule is Oc1ccc(C2(C3=CCC(O)C=C3)c3ccccc3-c3ccccc32)cc1. The van der Waals surface area contributed by atoms with E-state index < -0.39 is 11.5 Å². The van der Waals surface area contributed by atoms with Gasteiger partial charge in [0.2, 0.25) is 0 Å². The van der Waals surface area contributed by atoms with Gasteiger partial charge < -0.3 is 10.2 Å². The lowest BCUT2D eigenvalue weighted by atomic mass is 9.66. The maximum absolute atomic E-state index is 9.99. The molecular weight excluding hydrogens is 332 g/mol. The largest absolute Gasteiger partial charge is 0.508 e. The first-order valence-electron chi connectivity index (χ1n) is 9.27. The molecule has 1 unspecified atom stereocenters. The summed E-state index contributed by atoms with van der Waals surface area (Å²) in [7, 11) is 0. The van der Waals surface area contributed by atoms with Crippen LogP contribution in [0.4, 0.5) is 0 Å². The number of hydrogen-bond donors (Lipinski definition) is 2. The van der Waals surface area contributed by atoms with Crippen molar-refractivity contribution >= 4 is 0 Å². The first-order valence-corrected chi connectivity index (χ1v) is 9.27. The third kappa shape index (κ3) is 2.23. The third-order valence-electron chi connectivity index (χ3n) is 5.76. The average Bonchev–Trinajstić information content (AvgIpc) is 3.01. The summed E-state index contributed by atoms with van der Waals surface area (Å²) in [6.45, 7) is 0. The Bertz CT molecular complexity index is 1030. The second-order valence-electron chi connectivity index (χ2n) is 7.21. The van der Waals surface area contributed by atoms with Crippen molar-refractivity contribution in [2.24, 2.45) is 0 Å². The first-order chi connectivity index (χ1) is 13.2. The van der Waals surface area contributed by atoms with Crippen molar-refractivity contribution in [2.75, 3.05) is 0 Å². The Balaban J connectivity index is 1.89. The minimum absolute atomic E-state index is 0.261. The average molecular weight is 352 g/mol.